The first kappa shape index (κ1) is 17.0. The van der Waals surface area contributed by atoms with Crippen LogP contribution >= 0.6 is 34.5 Å². The lowest BCUT2D eigenvalue weighted by Gasteiger charge is -2.38. The van der Waals surface area contributed by atoms with E-state index in [1.165, 1.54) is 6.07 Å². The van der Waals surface area contributed by atoms with Crippen LogP contribution in [0.1, 0.15) is 34.7 Å². The molecule has 0 spiro atoms. The van der Waals surface area contributed by atoms with E-state index in [0.29, 0.717) is 27.8 Å². The second-order valence-electron chi connectivity index (χ2n) is 6.41. The number of hydrogen-bond acceptors (Lipinski definition) is 4. The Balaban J connectivity index is 1.66. The fourth-order valence-corrected chi connectivity index (χ4v) is 4.74. The Bertz CT molecular complexity index is 1030. The second-order valence-corrected chi connectivity index (χ2v) is 8.20. The number of thiophene rings is 1. The zero-order valence-corrected chi connectivity index (χ0v) is 16.2. The number of halogens is 3. The van der Waals surface area contributed by atoms with E-state index in [1.54, 1.807) is 34.5 Å². The van der Waals surface area contributed by atoms with Gasteiger partial charge in [0.2, 0.25) is 6.23 Å². The third-order valence-corrected chi connectivity index (χ3v) is 6.29. The highest BCUT2D eigenvalue weighted by Crippen LogP contribution is 2.49. The van der Waals surface area contributed by atoms with Crippen molar-refractivity contribution in [2.75, 3.05) is 0 Å². The zero-order chi connectivity index (χ0) is 18.5. The Morgan fingerprint density at radius 1 is 1.15 bits per heavy atom. The molecule has 0 bridgehead atoms. The third-order valence-electron chi connectivity index (χ3n) is 4.80. The van der Waals surface area contributed by atoms with Gasteiger partial charge in [0.25, 0.3) is 0 Å². The van der Waals surface area contributed by atoms with Crippen LogP contribution in [0.4, 0.5) is 4.39 Å². The van der Waals surface area contributed by atoms with Crippen LogP contribution < -0.4 is 4.74 Å². The van der Waals surface area contributed by atoms with Crippen molar-refractivity contribution in [2.24, 2.45) is 5.10 Å². The first-order valence-corrected chi connectivity index (χ1v) is 10.0. The standard InChI is InChI=1S/C20H13Cl2FN2OS/c21-11-6-7-17-12(9-11)16-10-15(18-5-2-8-27-18)24-25(16)20(26-17)19-13(22)3-1-4-14(19)23/h1-9,16,20H,10H2. The minimum atomic E-state index is -0.741. The molecule has 0 saturated carbocycles. The maximum Gasteiger partial charge on any atom is 0.218 e. The monoisotopic (exact) mass is 418 g/mol. The van der Waals surface area contributed by atoms with E-state index in [0.717, 1.165) is 16.2 Å². The van der Waals surface area contributed by atoms with Crippen LogP contribution in [0.3, 0.4) is 0 Å². The smallest absolute Gasteiger partial charge is 0.218 e. The lowest BCUT2D eigenvalue weighted by atomic mass is 9.97. The summed E-state index contributed by atoms with van der Waals surface area (Å²) in [6, 6.07) is 14.0. The quantitative estimate of drug-likeness (QED) is 0.478. The molecule has 2 unspecified atom stereocenters. The molecule has 2 aliphatic heterocycles. The van der Waals surface area contributed by atoms with Gasteiger partial charge < -0.3 is 4.74 Å². The number of hydrazone groups is 1. The number of hydrogen-bond donors (Lipinski definition) is 0. The van der Waals surface area contributed by atoms with Crippen molar-refractivity contribution in [3.05, 3.63) is 85.8 Å². The highest BCUT2D eigenvalue weighted by Gasteiger charge is 2.42. The summed E-state index contributed by atoms with van der Waals surface area (Å²) in [4.78, 5) is 1.09. The van der Waals surface area contributed by atoms with Crippen molar-refractivity contribution in [2.45, 2.75) is 18.7 Å². The van der Waals surface area contributed by atoms with E-state index in [4.69, 9.17) is 33.0 Å². The minimum Gasteiger partial charge on any atom is -0.464 e. The molecule has 7 heteroatoms. The van der Waals surface area contributed by atoms with Crippen LogP contribution in [0.2, 0.25) is 10.0 Å². The predicted octanol–water partition coefficient (Wildman–Crippen LogP) is 6.44. The lowest BCUT2D eigenvalue weighted by Crippen LogP contribution is -2.34. The molecule has 0 amide bonds. The van der Waals surface area contributed by atoms with E-state index in [9.17, 15) is 4.39 Å². The molecule has 3 aromatic rings. The molecular formula is C20H13Cl2FN2OS. The molecule has 5 rings (SSSR count). The van der Waals surface area contributed by atoms with Crippen LogP contribution in [0.25, 0.3) is 0 Å². The average molecular weight is 419 g/mol. The molecule has 0 fully saturated rings. The summed E-state index contributed by atoms with van der Waals surface area (Å²) in [6.07, 6.45) is -0.0467. The van der Waals surface area contributed by atoms with Crippen molar-refractivity contribution in [3.8, 4) is 5.75 Å². The topological polar surface area (TPSA) is 24.8 Å². The van der Waals surface area contributed by atoms with Gasteiger partial charge in [0.15, 0.2) is 0 Å². The molecule has 2 atom stereocenters. The number of rotatable bonds is 2. The van der Waals surface area contributed by atoms with Crippen LogP contribution in [0.15, 0.2) is 59.0 Å². The predicted molar refractivity (Wildman–Crippen MR) is 106 cm³/mol. The first-order valence-electron chi connectivity index (χ1n) is 8.41. The van der Waals surface area contributed by atoms with Crippen molar-refractivity contribution >= 4 is 40.3 Å². The Morgan fingerprint density at radius 3 is 2.81 bits per heavy atom. The van der Waals surface area contributed by atoms with Gasteiger partial charge in [0, 0.05) is 17.0 Å². The summed E-state index contributed by atoms with van der Waals surface area (Å²) in [5, 5.41) is 9.55. The molecular weight excluding hydrogens is 406 g/mol. The van der Waals surface area contributed by atoms with Gasteiger partial charge in [-0.1, -0.05) is 35.3 Å². The number of fused-ring (bicyclic) bond motifs is 3. The molecule has 3 heterocycles. The Kier molecular flexibility index (Phi) is 4.11. The number of nitrogens with zero attached hydrogens (tertiary/aromatic N) is 2. The molecule has 0 radical (unpaired) electrons. The SMILES string of the molecule is Fc1cccc(Cl)c1C1Oc2ccc(Cl)cc2C2CC(c3cccs3)=NN21. The van der Waals surface area contributed by atoms with Gasteiger partial charge in [-0.2, -0.15) is 5.10 Å². The molecule has 0 saturated heterocycles. The van der Waals surface area contributed by atoms with Crippen LogP contribution in [0, 0.1) is 5.82 Å². The van der Waals surface area contributed by atoms with Crippen molar-refractivity contribution < 1.29 is 9.13 Å². The Hall–Kier alpha value is -2.08. The molecule has 3 nitrogen and oxygen atoms in total. The van der Waals surface area contributed by atoms with E-state index >= 15 is 0 Å². The normalized spacial score (nSPS) is 20.7. The maximum atomic E-state index is 14.6. The van der Waals surface area contributed by atoms with Gasteiger partial charge in [0.05, 0.1) is 27.2 Å². The fourth-order valence-electron chi connectivity index (χ4n) is 3.59. The van der Waals surface area contributed by atoms with E-state index < -0.39 is 12.0 Å². The highest BCUT2D eigenvalue weighted by molar-refractivity contribution is 7.12. The molecule has 2 aromatic carbocycles. The van der Waals surface area contributed by atoms with E-state index in [-0.39, 0.29) is 6.04 Å². The second kappa shape index (κ2) is 6.51. The molecule has 2 aliphatic rings. The van der Waals surface area contributed by atoms with Gasteiger partial charge in [0.1, 0.15) is 11.6 Å². The lowest BCUT2D eigenvalue weighted by molar-refractivity contribution is -0.0211. The zero-order valence-electron chi connectivity index (χ0n) is 13.9. The summed E-state index contributed by atoms with van der Waals surface area (Å²) >= 11 is 14.2. The molecule has 0 N–H and O–H groups in total. The van der Waals surface area contributed by atoms with Crippen molar-refractivity contribution in [1.82, 2.24) is 5.01 Å². The summed E-state index contributed by atoms with van der Waals surface area (Å²) in [5.74, 6) is 0.260. The van der Waals surface area contributed by atoms with Crippen LogP contribution in [-0.2, 0) is 0 Å². The van der Waals surface area contributed by atoms with Crippen LogP contribution in [-0.4, -0.2) is 10.7 Å². The van der Waals surface area contributed by atoms with Crippen molar-refractivity contribution in [1.29, 1.82) is 0 Å². The van der Waals surface area contributed by atoms with Gasteiger partial charge >= 0.3 is 0 Å². The summed E-state index contributed by atoms with van der Waals surface area (Å²) in [6.45, 7) is 0. The van der Waals surface area contributed by atoms with Gasteiger partial charge in [-0.15, -0.1) is 11.3 Å². The van der Waals surface area contributed by atoms with E-state index in [1.807, 2.05) is 29.6 Å². The Labute approximate surface area is 169 Å². The largest absolute Gasteiger partial charge is 0.464 e. The highest BCUT2D eigenvalue weighted by atomic mass is 35.5. The maximum absolute atomic E-state index is 14.6. The van der Waals surface area contributed by atoms with Crippen molar-refractivity contribution in [3.63, 3.8) is 0 Å². The summed E-state index contributed by atoms with van der Waals surface area (Å²) < 4.78 is 20.8. The third kappa shape index (κ3) is 2.81. The number of benzene rings is 2. The number of ether oxygens (including phenoxy) is 1. The first-order chi connectivity index (χ1) is 13.1. The summed E-state index contributed by atoms with van der Waals surface area (Å²) in [7, 11) is 0. The van der Waals surface area contributed by atoms with Gasteiger partial charge in [-0.05, 0) is 41.8 Å². The Morgan fingerprint density at radius 2 is 2.04 bits per heavy atom. The van der Waals surface area contributed by atoms with Gasteiger partial charge in [-0.3, -0.25) is 0 Å². The molecule has 27 heavy (non-hydrogen) atoms. The summed E-state index contributed by atoms with van der Waals surface area (Å²) in [5.41, 5.74) is 2.19. The average Bonchev–Trinajstić information content (AvgIpc) is 3.31. The van der Waals surface area contributed by atoms with E-state index in [2.05, 4.69) is 0 Å². The van der Waals surface area contributed by atoms with Crippen LogP contribution in [0.5, 0.6) is 5.75 Å². The minimum absolute atomic E-state index is 0.0924. The molecule has 136 valence electrons. The molecule has 1 aromatic heterocycles. The molecule has 0 aliphatic carbocycles. The van der Waals surface area contributed by atoms with Gasteiger partial charge in [-0.25, -0.2) is 9.40 Å². The fraction of sp³-hybridized carbons (Fsp3) is 0.150.